The number of carbonyl (C=O) groups excluding carboxylic acids is 1. The summed E-state index contributed by atoms with van der Waals surface area (Å²) in [5, 5.41) is 11.9. The van der Waals surface area contributed by atoms with Gasteiger partial charge in [-0.15, -0.1) is 0 Å². The summed E-state index contributed by atoms with van der Waals surface area (Å²) >= 11 is 0. The van der Waals surface area contributed by atoms with Crippen LogP contribution in [0.3, 0.4) is 0 Å². The van der Waals surface area contributed by atoms with Crippen molar-refractivity contribution in [1.82, 2.24) is 10.2 Å². The van der Waals surface area contributed by atoms with Crippen molar-refractivity contribution in [3.8, 4) is 0 Å². The average molecular weight is 368 g/mol. The lowest BCUT2D eigenvalue weighted by atomic mass is 9.98. The number of nitrogens with one attached hydrogen (secondary N) is 1. The first-order valence-corrected chi connectivity index (χ1v) is 7.90. The summed E-state index contributed by atoms with van der Waals surface area (Å²) in [7, 11) is 1.26. The molecule has 2 aromatic carbocycles. The summed E-state index contributed by atoms with van der Waals surface area (Å²) in [6.45, 7) is 1.17. The monoisotopic (exact) mass is 368 g/mol. The molecule has 2 aromatic rings. The maximum atomic E-state index is 13.6. The summed E-state index contributed by atoms with van der Waals surface area (Å²) < 4.78 is 40.9. The number of amides is 2. The lowest BCUT2D eigenvalue weighted by Gasteiger charge is -2.27. The molecule has 2 rings (SSSR count). The van der Waals surface area contributed by atoms with Crippen LogP contribution in [0.15, 0.2) is 42.5 Å². The Hall–Kier alpha value is -2.77. The number of halogens is 3. The number of carboxylic acids is 1. The van der Waals surface area contributed by atoms with Crippen molar-refractivity contribution < 1.29 is 27.9 Å². The number of rotatable bonds is 5. The minimum absolute atomic E-state index is 0.0661. The second-order valence-electron chi connectivity index (χ2n) is 6.11. The van der Waals surface area contributed by atoms with Gasteiger partial charge in [-0.2, -0.15) is 13.2 Å². The fraction of sp³-hybridized carbons (Fsp3) is 0.333. The summed E-state index contributed by atoms with van der Waals surface area (Å²) in [5.74, 6) is -2.03. The van der Waals surface area contributed by atoms with E-state index in [1.54, 1.807) is 30.3 Å². The molecule has 5 nitrogen and oxygen atoms in total. The number of alkyl halides is 3. The molecule has 0 aromatic heterocycles. The number of benzene rings is 2. The fourth-order valence-corrected chi connectivity index (χ4v) is 2.64. The third kappa shape index (κ3) is 4.44. The highest BCUT2D eigenvalue weighted by Crippen LogP contribution is 2.36. The molecule has 0 bridgehead atoms. The van der Waals surface area contributed by atoms with Crippen molar-refractivity contribution in [3.05, 3.63) is 48.0 Å². The lowest BCUT2D eigenvalue weighted by Crippen LogP contribution is -2.46. The minimum Gasteiger partial charge on any atom is -0.481 e. The zero-order valence-corrected chi connectivity index (χ0v) is 14.2. The average Bonchev–Trinajstić information content (AvgIpc) is 2.57. The smallest absolute Gasteiger partial charge is 0.412 e. The highest BCUT2D eigenvalue weighted by Gasteiger charge is 2.43. The Morgan fingerprint density at radius 1 is 1.15 bits per heavy atom. The summed E-state index contributed by atoms with van der Waals surface area (Å²) in [4.78, 5) is 24.0. The molecule has 0 aliphatic rings. The molecule has 0 aliphatic heterocycles. The number of carbonyl (C=O) groups is 2. The van der Waals surface area contributed by atoms with Crippen LogP contribution in [0.4, 0.5) is 18.0 Å². The SMILES string of the molecule is CC(CN(C)C(=O)NC(c1cccc2ccccc12)C(F)(F)F)C(=O)O. The molecule has 0 aliphatic carbocycles. The first-order valence-electron chi connectivity index (χ1n) is 7.90. The van der Waals surface area contributed by atoms with Crippen molar-refractivity contribution in [2.24, 2.45) is 5.92 Å². The molecule has 0 saturated carbocycles. The Morgan fingerprint density at radius 3 is 2.38 bits per heavy atom. The van der Waals surface area contributed by atoms with Gasteiger partial charge in [0.2, 0.25) is 0 Å². The predicted molar refractivity (Wildman–Crippen MR) is 90.7 cm³/mol. The maximum absolute atomic E-state index is 13.6. The van der Waals surface area contributed by atoms with E-state index in [9.17, 15) is 22.8 Å². The van der Waals surface area contributed by atoms with Crippen LogP contribution < -0.4 is 5.32 Å². The van der Waals surface area contributed by atoms with E-state index in [1.807, 2.05) is 5.32 Å². The van der Waals surface area contributed by atoms with Crippen LogP contribution in [-0.2, 0) is 4.79 Å². The quantitative estimate of drug-likeness (QED) is 0.843. The van der Waals surface area contributed by atoms with Gasteiger partial charge in [-0.1, -0.05) is 49.4 Å². The van der Waals surface area contributed by atoms with Crippen LogP contribution in [0.2, 0.25) is 0 Å². The van der Waals surface area contributed by atoms with Crippen LogP contribution in [0, 0.1) is 5.92 Å². The van der Waals surface area contributed by atoms with E-state index in [1.165, 1.54) is 26.1 Å². The van der Waals surface area contributed by atoms with Gasteiger partial charge in [0.25, 0.3) is 0 Å². The third-order valence-electron chi connectivity index (χ3n) is 4.05. The highest BCUT2D eigenvalue weighted by molar-refractivity contribution is 5.87. The van der Waals surface area contributed by atoms with E-state index in [4.69, 9.17) is 5.11 Å². The number of hydrogen-bond acceptors (Lipinski definition) is 2. The van der Waals surface area contributed by atoms with Gasteiger partial charge in [0.15, 0.2) is 6.04 Å². The van der Waals surface area contributed by atoms with Crippen molar-refractivity contribution >= 4 is 22.8 Å². The fourth-order valence-electron chi connectivity index (χ4n) is 2.64. The van der Waals surface area contributed by atoms with Crippen LogP contribution in [0.5, 0.6) is 0 Å². The molecule has 26 heavy (non-hydrogen) atoms. The maximum Gasteiger partial charge on any atom is 0.412 e. The van der Waals surface area contributed by atoms with Gasteiger partial charge in [0.05, 0.1) is 5.92 Å². The topological polar surface area (TPSA) is 69.6 Å². The molecular weight excluding hydrogens is 349 g/mol. The molecular formula is C18H19F3N2O3. The van der Waals surface area contributed by atoms with E-state index in [0.717, 1.165) is 4.90 Å². The van der Waals surface area contributed by atoms with E-state index < -0.39 is 30.1 Å². The van der Waals surface area contributed by atoms with E-state index >= 15 is 0 Å². The normalized spacial score (nSPS) is 13.9. The molecule has 0 saturated heterocycles. The number of urea groups is 1. The number of nitrogens with zero attached hydrogens (tertiary/aromatic N) is 1. The Balaban J connectivity index is 2.31. The molecule has 0 fully saturated rings. The van der Waals surface area contributed by atoms with Gasteiger partial charge in [-0.25, -0.2) is 4.79 Å². The number of aliphatic carboxylic acids is 1. The van der Waals surface area contributed by atoms with Gasteiger partial charge in [-0.3, -0.25) is 4.79 Å². The molecule has 0 radical (unpaired) electrons. The van der Waals surface area contributed by atoms with Gasteiger partial charge < -0.3 is 15.3 Å². The zero-order chi connectivity index (χ0) is 19.5. The third-order valence-corrected chi connectivity index (χ3v) is 4.05. The Morgan fingerprint density at radius 2 is 1.77 bits per heavy atom. The largest absolute Gasteiger partial charge is 0.481 e. The Labute approximate surface area is 148 Å². The molecule has 140 valence electrons. The van der Waals surface area contributed by atoms with Crippen LogP contribution in [-0.4, -0.2) is 41.8 Å². The molecule has 0 spiro atoms. The van der Waals surface area contributed by atoms with E-state index in [2.05, 4.69) is 0 Å². The number of hydrogen-bond donors (Lipinski definition) is 2. The van der Waals surface area contributed by atoms with Gasteiger partial charge >= 0.3 is 18.2 Å². The molecule has 8 heteroatoms. The second-order valence-corrected chi connectivity index (χ2v) is 6.11. The molecule has 2 unspecified atom stereocenters. The lowest BCUT2D eigenvalue weighted by molar-refractivity contribution is -0.155. The second kappa shape index (κ2) is 7.63. The van der Waals surface area contributed by atoms with E-state index in [-0.39, 0.29) is 12.1 Å². The van der Waals surface area contributed by atoms with Crippen molar-refractivity contribution in [2.45, 2.75) is 19.1 Å². The van der Waals surface area contributed by atoms with Crippen LogP contribution in [0.1, 0.15) is 18.5 Å². The predicted octanol–water partition coefficient (Wildman–Crippen LogP) is 3.81. The first kappa shape index (κ1) is 19.6. The van der Waals surface area contributed by atoms with Gasteiger partial charge in [0.1, 0.15) is 0 Å². The summed E-state index contributed by atoms with van der Waals surface area (Å²) in [6.07, 6.45) is -4.71. The summed E-state index contributed by atoms with van der Waals surface area (Å²) in [5.41, 5.74) is -0.0661. The number of carboxylic acid groups (broad SMARTS) is 1. The van der Waals surface area contributed by atoms with Crippen molar-refractivity contribution in [1.29, 1.82) is 0 Å². The number of fused-ring (bicyclic) bond motifs is 1. The first-order chi connectivity index (χ1) is 12.1. The molecule has 2 atom stereocenters. The molecule has 2 amide bonds. The van der Waals surface area contributed by atoms with Crippen LogP contribution in [0.25, 0.3) is 10.8 Å². The van der Waals surface area contributed by atoms with Gasteiger partial charge in [-0.05, 0) is 16.3 Å². The van der Waals surface area contributed by atoms with Crippen molar-refractivity contribution in [3.63, 3.8) is 0 Å². The highest BCUT2D eigenvalue weighted by atomic mass is 19.4. The Kier molecular flexibility index (Phi) is 5.74. The van der Waals surface area contributed by atoms with E-state index in [0.29, 0.717) is 10.8 Å². The van der Waals surface area contributed by atoms with Crippen LogP contribution >= 0.6 is 0 Å². The molecule has 2 N–H and O–H groups in total. The van der Waals surface area contributed by atoms with Gasteiger partial charge in [0, 0.05) is 13.6 Å². The minimum atomic E-state index is -4.71. The summed E-state index contributed by atoms with van der Waals surface area (Å²) in [6, 6.07) is 7.90. The molecule has 0 heterocycles. The zero-order valence-electron chi connectivity index (χ0n) is 14.2. The standard InChI is InChI=1S/C18H19F3N2O3/c1-11(16(24)25)10-23(2)17(26)22-15(18(19,20)21)14-9-5-7-12-6-3-4-8-13(12)14/h3-9,11,15H,10H2,1-2H3,(H,22,26)(H,24,25). The Bertz CT molecular complexity index is 802. The van der Waals surface area contributed by atoms with Crippen molar-refractivity contribution in [2.75, 3.05) is 13.6 Å².